The molecule has 7 heteroatoms. The van der Waals surface area contributed by atoms with E-state index in [0.29, 0.717) is 10.7 Å². The zero-order chi connectivity index (χ0) is 16.9. The number of nitrogens with zero attached hydrogens (tertiary/aromatic N) is 3. The van der Waals surface area contributed by atoms with Crippen molar-refractivity contribution in [2.45, 2.75) is 19.3 Å². The molecule has 0 fully saturated rings. The van der Waals surface area contributed by atoms with Crippen molar-refractivity contribution in [3.63, 3.8) is 0 Å². The molecule has 1 N–H and O–H groups in total. The lowest BCUT2D eigenvalue weighted by atomic mass is 9.97. The number of aromatic nitrogens is 3. The Kier molecular flexibility index (Phi) is 5.32. The summed E-state index contributed by atoms with van der Waals surface area (Å²) in [6, 6.07) is 11.9. The van der Waals surface area contributed by atoms with Crippen molar-refractivity contribution < 1.29 is 4.79 Å². The summed E-state index contributed by atoms with van der Waals surface area (Å²) in [7, 11) is 0. The van der Waals surface area contributed by atoms with Crippen LogP contribution in [0.4, 0.5) is 5.13 Å². The van der Waals surface area contributed by atoms with Crippen molar-refractivity contribution in [3.8, 4) is 0 Å². The van der Waals surface area contributed by atoms with Crippen molar-refractivity contribution in [1.82, 2.24) is 15.2 Å². The summed E-state index contributed by atoms with van der Waals surface area (Å²) in [4.78, 5) is 16.2. The molecule has 2 heterocycles. The molecule has 3 rings (SSSR count). The molecule has 24 heavy (non-hydrogen) atoms. The van der Waals surface area contributed by atoms with Gasteiger partial charge in [-0.2, -0.15) is 0 Å². The molecule has 0 aliphatic rings. The molecule has 0 unspecified atom stereocenters. The number of hydrogen-bond donors (Lipinski definition) is 1. The Balaban J connectivity index is 1.77. The number of amides is 1. The van der Waals surface area contributed by atoms with E-state index in [-0.39, 0.29) is 11.8 Å². The van der Waals surface area contributed by atoms with Crippen molar-refractivity contribution in [2.24, 2.45) is 0 Å². The molecular formula is C17H15BrN4OS. The Bertz CT molecular complexity index is 837. The van der Waals surface area contributed by atoms with Crippen molar-refractivity contribution in [3.05, 3.63) is 69.4 Å². The summed E-state index contributed by atoms with van der Waals surface area (Å²) in [6.07, 6.45) is 4.06. The number of carbonyl (C=O) groups is 1. The predicted octanol–water partition coefficient (Wildman–Crippen LogP) is 4.49. The maximum atomic E-state index is 12.3. The lowest BCUT2D eigenvalue weighted by Crippen LogP contribution is -2.11. The molecule has 1 amide bonds. The minimum atomic E-state index is -0.251. The monoisotopic (exact) mass is 402 g/mol. The second-order valence-electron chi connectivity index (χ2n) is 5.16. The van der Waals surface area contributed by atoms with Crippen LogP contribution in [0.15, 0.2) is 53.3 Å². The van der Waals surface area contributed by atoms with Crippen molar-refractivity contribution in [1.29, 1.82) is 0 Å². The van der Waals surface area contributed by atoms with Gasteiger partial charge >= 0.3 is 0 Å². The summed E-state index contributed by atoms with van der Waals surface area (Å²) < 4.78 is 0.753. The van der Waals surface area contributed by atoms with Gasteiger partial charge < -0.3 is 0 Å². The smallest absolute Gasteiger partial charge is 0.259 e. The maximum absolute atomic E-state index is 12.3. The molecule has 0 saturated carbocycles. The Morgan fingerprint density at radius 3 is 2.75 bits per heavy atom. The van der Waals surface area contributed by atoms with Gasteiger partial charge in [0.1, 0.15) is 5.01 Å². The number of benzene rings is 1. The highest BCUT2D eigenvalue weighted by Crippen LogP contribution is 2.31. The minimum absolute atomic E-state index is 0.182. The van der Waals surface area contributed by atoms with E-state index >= 15 is 0 Å². The van der Waals surface area contributed by atoms with Gasteiger partial charge in [0.2, 0.25) is 5.13 Å². The van der Waals surface area contributed by atoms with E-state index in [1.807, 2.05) is 18.2 Å². The van der Waals surface area contributed by atoms with Gasteiger partial charge in [0.05, 0.1) is 5.56 Å². The van der Waals surface area contributed by atoms with Crippen LogP contribution in [0.1, 0.15) is 40.2 Å². The Labute approximate surface area is 152 Å². The molecular weight excluding hydrogens is 388 g/mol. The minimum Gasteiger partial charge on any atom is -0.296 e. The summed E-state index contributed by atoms with van der Waals surface area (Å²) >= 11 is 4.71. The van der Waals surface area contributed by atoms with E-state index in [4.69, 9.17) is 0 Å². The maximum Gasteiger partial charge on any atom is 0.259 e. The normalized spacial score (nSPS) is 11.9. The van der Waals surface area contributed by atoms with Gasteiger partial charge in [-0.25, -0.2) is 0 Å². The third-order valence-electron chi connectivity index (χ3n) is 3.54. The second kappa shape index (κ2) is 7.63. The molecule has 0 radical (unpaired) electrons. The Morgan fingerprint density at radius 2 is 2.04 bits per heavy atom. The van der Waals surface area contributed by atoms with Gasteiger partial charge in [-0.05, 0) is 34.0 Å². The fourth-order valence-electron chi connectivity index (χ4n) is 2.37. The lowest BCUT2D eigenvalue weighted by molar-refractivity contribution is 0.102. The first kappa shape index (κ1) is 16.7. The van der Waals surface area contributed by atoms with Crippen molar-refractivity contribution >= 4 is 38.3 Å². The summed E-state index contributed by atoms with van der Waals surface area (Å²) in [5.41, 5.74) is 1.67. The lowest BCUT2D eigenvalue weighted by Gasteiger charge is -2.10. The summed E-state index contributed by atoms with van der Waals surface area (Å²) in [5.74, 6) is -0.0684. The largest absolute Gasteiger partial charge is 0.296 e. The molecule has 3 aromatic rings. The summed E-state index contributed by atoms with van der Waals surface area (Å²) in [6.45, 7) is 2.12. The van der Waals surface area contributed by atoms with Crippen LogP contribution in [0.3, 0.4) is 0 Å². The van der Waals surface area contributed by atoms with E-state index in [1.54, 1.807) is 12.3 Å². The van der Waals surface area contributed by atoms with Gasteiger partial charge in [0, 0.05) is 22.8 Å². The molecule has 1 atom stereocenters. The van der Waals surface area contributed by atoms with E-state index in [2.05, 4.69) is 55.5 Å². The van der Waals surface area contributed by atoms with Gasteiger partial charge in [0.25, 0.3) is 5.91 Å². The van der Waals surface area contributed by atoms with E-state index in [0.717, 1.165) is 15.9 Å². The van der Waals surface area contributed by atoms with E-state index in [1.165, 1.54) is 23.1 Å². The molecule has 0 spiro atoms. The van der Waals surface area contributed by atoms with Gasteiger partial charge in [-0.1, -0.05) is 48.6 Å². The van der Waals surface area contributed by atoms with Crippen LogP contribution < -0.4 is 5.32 Å². The number of halogens is 1. The topological polar surface area (TPSA) is 67.8 Å². The third-order valence-corrected chi connectivity index (χ3v) is 4.92. The number of nitrogens with one attached hydrogen (secondary N) is 1. The molecule has 0 bridgehead atoms. The van der Waals surface area contributed by atoms with E-state index < -0.39 is 0 Å². The fraction of sp³-hybridized carbons (Fsp3) is 0.176. The fourth-order valence-corrected chi connectivity index (χ4v) is 3.68. The molecule has 0 aliphatic heterocycles. The zero-order valence-corrected chi connectivity index (χ0v) is 15.3. The number of rotatable bonds is 5. The summed E-state index contributed by atoms with van der Waals surface area (Å²) in [5, 5.41) is 12.5. The van der Waals surface area contributed by atoms with Crippen LogP contribution in [0.2, 0.25) is 0 Å². The van der Waals surface area contributed by atoms with E-state index in [9.17, 15) is 4.79 Å². The highest BCUT2D eigenvalue weighted by atomic mass is 79.9. The van der Waals surface area contributed by atoms with Crippen LogP contribution >= 0.6 is 27.3 Å². The van der Waals surface area contributed by atoms with Crippen LogP contribution in [-0.2, 0) is 0 Å². The SMILES string of the molecule is CC[C@H](c1ccccc1)c1nnc(NC(=O)c2cncc(Br)c2)s1. The van der Waals surface area contributed by atoms with Crippen LogP contribution in [0, 0.1) is 0 Å². The third kappa shape index (κ3) is 3.85. The molecule has 2 aromatic heterocycles. The Morgan fingerprint density at radius 1 is 1.25 bits per heavy atom. The molecule has 0 aliphatic carbocycles. The van der Waals surface area contributed by atoms with Gasteiger partial charge in [0.15, 0.2) is 0 Å². The van der Waals surface area contributed by atoms with Crippen LogP contribution in [0.5, 0.6) is 0 Å². The predicted molar refractivity (Wildman–Crippen MR) is 98.4 cm³/mol. The van der Waals surface area contributed by atoms with Gasteiger partial charge in [-0.15, -0.1) is 10.2 Å². The standard InChI is InChI=1S/C17H15BrN4OS/c1-2-14(11-6-4-3-5-7-11)16-21-22-17(24-16)20-15(23)12-8-13(18)10-19-9-12/h3-10,14H,2H2,1H3,(H,20,22,23)/t14-/m1/s1. The number of hydrogen-bond acceptors (Lipinski definition) is 5. The molecule has 1 aromatic carbocycles. The average Bonchev–Trinajstić information content (AvgIpc) is 3.04. The quantitative estimate of drug-likeness (QED) is 0.682. The highest BCUT2D eigenvalue weighted by Gasteiger charge is 2.18. The Hall–Kier alpha value is -2.12. The number of pyridine rings is 1. The van der Waals surface area contributed by atoms with Crippen LogP contribution in [-0.4, -0.2) is 21.1 Å². The highest BCUT2D eigenvalue weighted by molar-refractivity contribution is 9.10. The molecule has 5 nitrogen and oxygen atoms in total. The number of anilines is 1. The first-order valence-electron chi connectivity index (χ1n) is 7.47. The van der Waals surface area contributed by atoms with Crippen molar-refractivity contribution in [2.75, 3.05) is 5.32 Å². The number of carbonyl (C=O) groups excluding carboxylic acids is 1. The van der Waals surface area contributed by atoms with Gasteiger partial charge in [-0.3, -0.25) is 15.1 Å². The second-order valence-corrected chi connectivity index (χ2v) is 7.09. The molecule has 122 valence electrons. The molecule has 0 saturated heterocycles. The zero-order valence-electron chi connectivity index (χ0n) is 12.9. The first-order chi connectivity index (χ1) is 11.7. The average molecular weight is 403 g/mol. The van der Waals surface area contributed by atoms with Crippen LogP contribution in [0.25, 0.3) is 0 Å². The first-order valence-corrected chi connectivity index (χ1v) is 9.08.